The molecule has 2 aromatic rings. The first kappa shape index (κ1) is 15.0. The highest BCUT2D eigenvalue weighted by Crippen LogP contribution is 2.27. The number of hydrogen-bond acceptors (Lipinski definition) is 2. The topological polar surface area (TPSA) is 18.5 Å². The molecule has 0 saturated carbocycles. The first-order valence-electron chi connectivity index (χ1n) is 8.79. The van der Waals surface area contributed by atoms with Crippen LogP contribution in [0.15, 0.2) is 48.5 Å². The molecule has 0 radical (unpaired) electrons. The van der Waals surface area contributed by atoms with Crippen molar-refractivity contribution in [2.45, 2.75) is 44.5 Å². The molecular weight excluding hydrogens is 283 g/mol. The monoisotopic (exact) mass is 306 g/mol. The van der Waals surface area contributed by atoms with Crippen LogP contribution in [0.1, 0.15) is 35.1 Å². The molecular formula is C20H23BO2. The lowest BCUT2D eigenvalue weighted by Gasteiger charge is -2.20. The van der Waals surface area contributed by atoms with Crippen LogP contribution in [-0.4, -0.2) is 19.8 Å². The van der Waals surface area contributed by atoms with Crippen LogP contribution in [0, 0.1) is 0 Å². The fourth-order valence-electron chi connectivity index (χ4n) is 3.83. The van der Waals surface area contributed by atoms with Crippen LogP contribution in [0.5, 0.6) is 0 Å². The van der Waals surface area contributed by atoms with Crippen molar-refractivity contribution in [2.75, 3.05) is 6.61 Å². The highest BCUT2D eigenvalue weighted by molar-refractivity contribution is 6.44. The fraction of sp³-hybridized carbons (Fsp3) is 0.400. The summed E-state index contributed by atoms with van der Waals surface area (Å²) in [5, 5.41) is 0. The normalized spacial score (nSPS) is 20.5. The van der Waals surface area contributed by atoms with Gasteiger partial charge in [0.15, 0.2) is 0 Å². The Labute approximate surface area is 139 Å². The minimum atomic E-state index is -0.0954. The van der Waals surface area contributed by atoms with Crippen molar-refractivity contribution in [3.63, 3.8) is 0 Å². The molecule has 1 heterocycles. The van der Waals surface area contributed by atoms with Gasteiger partial charge in [-0.3, -0.25) is 0 Å². The molecule has 4 rings (SSSR count). The summed E-state index contributed by atoms with van der Waals surface area (Å²) in [5.74, 6) is 0. The van der Waals surface area contributed by atoms with Crippen molar-refractivity contribution in [3.8, 4) is 0 Å². The largest absolute Gasteiger partial charge is 0.461 e. The Morgan fingerprint density at radius 1 is 0.957 bits per heavy atom. The molecule has 0 aromatic heterocycles. The first-order chi connectivity index (χ1) is 11.4. The first-order valence-corrected chi connectivity index (χ1v) is 8.79. The van der Waals surface area contributed by atoms with Crippen LogP contribution in [0.3, 0.4) is 0 Å². The van der Waals surface area contributed by atoms with Gasteiger partial charge in [0.25, 0.3) is 0 Å². The average molecular weight is 306 g/mol. The molecule has 1 atom stereocenters. The third-order valence-electron chi connectivity index (χ3n) is 5.00. The van der Waals surface area contributed by atoms with E-state index in [9.17, 15) is 0 Å². The van der Waals surface area contributed by atoms with Crippen LogP contribution in [0.25, 0.3) is 0 Å². The van der Waals surface area contributed by atoms with Gasteiger partial charge in [0, 0.05) is 6.32 Å². The summed E-state index contributed by atoms with van der Waals surface area (Å²) in [7, 11) is -0.0954. The van der Waals surface area contributed by atoms with Gasteiger partial charge in [0.1, 0.15) is 0 Å². The minimum Gasteiger partial charge on any atom is -0.408 e. The molecule has 2 aromatic carbocycles. The van der Waals surface area contributed by atoms with Crippen molar-refractivity contribution in [1.29, 1.82) is 0 Å². The predicted molar refractivity (Wildman–Crippen MR) is 93.5 cm³/mol. The maximum Gasteiger partial charge on any atom is 0.461 e. The van der Waals surface area contributed by atoms with Crippen LogP contribution in [-0.2, 0) is 34.9 Å². The van der Waals surface area contributed by atoms with Gasteiger partial charge >= 0.3 is 7.12 Å². The predicted octanol–water partition coefficient (Wildman–Crippen LogP) is 3.79. The molecule has 3 heteroatoms. The van der Waals surface area contributed by atoms with Crippen molar-refractivity contribution in [1.82, 2.24) is 0 Å². The molecule has 23 heavy (non-hydrogen) atoms. The summed E-state index contributed by atoms with van der Waals surface area (Å²) in [5.41, 5.74) is 5.87. The van der Waals surface area contributed by atoms with E-state index in [1.165, 1.54) is 36.8 Å². The Bertz CT molecular complexity index is 656. The standard InChI is InChI=1S/C20H23BO2/c1-2-7-16(8-3-1)14-21-22-15-19(23-21)13-18-11-6-10-17-9-4-5-12-20(17)18/h1-3,6-8,10-11,19H,4-5,9,12-15H2. The summed E-state index contributed by atoms with van der Waals surface area (Å²) in [6.45, 7) is 0.709. The Morgan fingerprint density at radius 3 is 2.74 bits per heavy atom. The van der Waals surface area contributed by atoms with E-state index in [0.717, 1.165) is 12.7 Å². The van der Waals surface area contributed by atoms with E-state index >= 15 is 0 Å². The van der Waals surface area contributed by atoms with Crippen molar-refractivity contribution >= 4 is 7.12 Å². The van der Waals surface area contributed by atoms with Crippen LogP contribution in [0.4, 0.5) is 0 Å². The summed E-state index contributed by atoms with van der Waals surface area (Å²) in [6.07, 6.45) is 7.13. The van der Waals surface area contributed by atoms with E-state index in [0.29, 0.717) is 6.61 Å². The second kappa shape index (κ2) is 6.90. The number of hydrogen-bond donors (Lipinski definition) is 0. The Balaban J connectivity index is 1.39. The van der Waals surface area contributed by atoms with Gasteiger partial charge in [0.05, 0.1) is 12.7 Å². The molecule has 1 saturated heterocycles. The Morgan fingerprint density at radius 2 is 1.83 bits per heavy atom. The van der Waals surface area contributed by atoms with Gasteiger partial charge in [-0.1, -0.05) is 54.1 Å². The maximum atomic E-state index is 6.14. The highest BCUT2D eigenvalue weighted by atomic mass is 16.6. The zero-order chi connectivity index (χ0) is 15.5. The molecule has 0 bridgehead atoms. The smallest absolute Gasteiger partial charge is 0.408 e. The molecule has 0 spiro atoms. The zero-order valence-electron chi connectivity index (χ0n) is 13.5. The van der Waals surface area contributed by atoms with Gasteiger partial charge in [-0.2, -0.15) is 0 Å². The molecule has 1 aliphatic carbocycles. The van der Waals surface area contributed by atoms with E-state index in [1.807, 2.05) is 6.07 Å². The number of rotatable bonds is 4. The maximum absolute atomic E-state index is 6.14. The third kappa shape index (κ3) is 3.51. The zero-order valence-corrected chi connectivity index (χ0v) is 13.5. The van der Waals surface area contributed by atoms with Crippen LogP contribution < -0.4 is 0 Å². The molecule has 1 aliphatic heterocycles. The van der Waals surface area contributed by atoms with Gasteiger partial charge < -0.3 is 9.31 Å². The fourth-order valence-corrected chi connectivity index (χ4v) is 3.83. The Hall–Kier alpha value is -1.58. The van der Waals surface area contributed by atoms with Gasteiger partial charge in [-0.05, 0) is 48.8 Å². The number of fused-ring (bicyclic) bond motifs is 1. The molecule has 118 valence electrons. The van der Waals surface area contributed by atoms with Crippen molar-refractivity contribution in [3.05, 3.63) is 70.8 Å². The molecule has 0 N–H and O–H groups in total. The third-order valence-corrected chi connectivity index (χ3v) is 5.00. The summed E-state index contributed by atoms with van der Waals surface area (Å²) < 4.78 is 12.0. The number of benzene rings is 2. The molecule has 2 nitrogen and oxygen atoms in total. The summed E-state index contributed by atoms with van der Waals surface area (Å²) >= 11 is 0. The lowest BCUT2D eigenvalue weighted by Crippen LogP contribution is -2.21. The summed E-state index contributed by atoms with van der Waals surface area (Å²) in [6, 6.07) is 17.2. The van der Waals surface area contributed by atoms with Gasteiger partial charge in [-0.25, -0.2) is 0 Å². The highest BCUT2D eigenvalue weighted by Gasteiger charge is 2.31. The molecule has 1 fully saturated rings. The summed E-state index contributed by atoms with van der Waals surface area (Å²) in [4.78, 5) is 0. The average Bonchev–Trinajstić information content (AvgIpc) is 3.03. The minimum absolute atomic E-state index is 0.0954. The second-order valence-electron chi connectivity index (χ2n) is 6.68. The Kier molecular flexibility index (Phi) is 4.49. The van der Waals surface area contributed by atoms with Crippen molar-refractivity contribution in [2.24, 2.45) is 0 Å². The van der Waals surface area contributed by atoms with Crippen LogP contribution in [0.2, 0.25) is 0 Å². The lowest BCUT2D eigenvalue weighted by molar-refractivity contribution is 0.233. The van der Waals surface area contributed by atoms with Gasteiger partial charge in [-0.15, -0.1) is 0 Å². The lowest BCUT2D eigenvalue weighted by atomic mass is 9.81. The molecule has 1 unspecified atom stereocenters. The molecule has 2 aliphatic rings. The number of aryl methyl sites for hydroxylation is 1. The SMILES string of the molecule is c1ccc(CB2OCC(Cc3cccc4c3CCCC4)O2)cc1. The molecule has 0 amide bonds. The van der Waals surface area contributed by atoms with E-state index in [1.54, 1.807) is 11.1 Å². The van der Waals surface area contributed by atoms with E-state index in [2.05, 4.69) is 42.5 Å². The van der Waals surface area contributed by atoms with Gasteiger partial charge in [0.2, 0.25) is 0 Å². The van der Waals surface area contributed by atoms with Crippen LogP contribution >= 0.6 is 0 Å². The quantitative estimate of drug-likeness (QED) is 0.800. The second-order valence-corrected chi connectivity index (χ2v) is 6.68. The van der Waals surface area contributed by atoms with E-state index < -0.39 is 0 Å². The van der Waals surface area contributed by atoms with Crippen molar-refractivity contribution < 1.29 is 9.31 Å². The van der Waals surface area contributed by atoms with E-state index in [4.69, 9.17) is 9.31 Å². The van der Waals surface area contributed by atoms with E-state index in [-0.39, 0.29) is 13.2 Å².